The second-order valence-electron chi connectivity index (χ2n) is 13.9. The summed E-state index contributed by atoms with van der Waals surface area (Å²) in [5, 5.41) is 9.69. The molecule has 41 heavy (non-hydrogen) atoms. The average Bonchev–Trinajstić information content (AvgIpc) is 3.44. The number of ether oxygens (including phenoxy) is 2. The van der Waals surface area contributed by atoms with E-state index in [1.54, 1.807) is 0 Å². The predicted molar refractivity (Wildman–Crippen MR) is 160 cm³/mol. The summed E-state index contributed by atoms with van der Waals surface area (Å²) >= 11 is 0. The highest BCUT2D eigenvalue weighted by Gasteiger charge is 2.41. The average molecular weight is 563 g/mol. The number of aliphatic hydroxyl groups excluding tert-OH is 1. The van der Waals surface area contributed by atoms with Crippen LogP contribution < -0.4 is 4.74 Å². The molecular weight excluding hydrogens is 516 g/mol. The van der Waals surface area contributed by atoms with Crippen molar-refractivity contribution in [2.24, 2.45) is 5.41 Å². The Bertz CT molecular complexity index is 1250. The molecule has 0 saturated carbocycles. The van der Waals surface area contributed by atoms with Crippen molar-refractivity contribution in [1.82, 2.24) is 9.80 Å². The van der Waals surface area contributed by atoms with Crippen LogP contribution in [0.15, 0.2) is 42.5 Å². The van der Waals surface area contributed by atoms with E-state index in [1.165, 1.54) is 5.56 Å². The number of benzene rings is 2. The zero-order valence-corrected chi connectivity index (χ0v) is 25.4. The number of piperidine rings is 1. The molecule has 1 spiro atoms. The molecule has 0 bridgehead atoms. The number of hydrogen-bond acceptors (Lipinski definition) is 5. The van der Waals surface area contributed by atoms with Gasteiger partial charge in [0.1, 0.15) is 11.4 Å². The number of aliphatic hydroxyl groups is 1. The fourth-order valence-electron chi connectivity index (χ4n) is 6.37. The predicted octanol–water partition coefficient (Wildman–Crippen LogP) is 5.96. The van der Waals surface area contributed by atoms with Crippen molar-refractivity contribution in [2.75, 3.05) is 32.8 Å². The Morgan fingerprint density at radius 2 is 1.66 bits per heavy atom. The highest BCUT2D eigenvalue weighted by Crippen LogP contribution is 2.41. The molecule has 0 aliphatic carbocycles. The molecule has 0 aromatic heterocycles. The van der Waals surface area contributed by atoms with Crippen LogP contribution in [0.2, 0.25) is 0 Å². The maximum absolute atomic E-state index is 13.4. The van der Waals surface area contributed by atoms with Gasteiger partial charge < -0.3 is 24.4 Å². The summed E-state index contributed by atoms with van der Waals surface area (Å²) in [5.41, 5.74) is 3.51. The van der Waals surface area contributed by atoms with Gasteiger partial charge in [-0.3, -0.25) is 4.79 Å². The first kappa shape index (κ1) is 29.4. The molecule has 1 N–H and O–H groups in total. The maximum Gasteiger partial charge on any atom is 0.409 e. The summed E-state index contributed by atoms with van der Waals surface area (Å²) in [7, 11) is 0. The first-order valence-corrected chi connectivity index (χ1v) is 15.2. The maximum atomic E-state index is 13.4. The second-order valence-corrected chi connectivity index (χ2v) is 13.9. The van der Waals surface area contributed by atoms with Crippen LogP contribution in [-0.4, -0.2) is 71.4 Å². The first-order valence-electron chi connectivity index (χ1n) is 15.2. The van der Waals surface area contributed by atoms with E-state index < -0.39 is 5.41 Å². The van der Waals surface area contributed by atoms with Crippen molar-refractivity contribution in [2.45, 2.75) is 90.2 Å². The third-order valence-corrected chi connectivity index (χ3v) is 9.12. The minimum atomic E-state index is -0.660. The van der Waals surface area contributed by atoms with E-state index in [1.807, 2.05) is 23.6 Å². The molecule has 2 aromatic rings. The van der Waals surface area contributed by atoms with Crippen LogP contribution in [0.4, 0.5) is 4.79 Å². The van der Waals surface area contributed by atoms with E-state index >= 15 is 0 Å². The summed E-state index contributed by atoms with van der Waals surface area (Å²) in [6, 6.07) is 14.7. The second kappa shape index (κ2) is 11.3. The molecule has 7 heteroatoms. The third kappa shape index (κ3) is 6.25. The van der Waals surface area contributed by atoms with Crippen molar-refractivity contribution in [3.63, 3.8) is 0 Å². The molecule has 3 aliphatic rings. The number of carbonyl (C=O) groups is 2. The van der Waals surface area contributed by atoms with Gasteiger partial charge in [-0.1, -0.05) is 51.1 Å². The number of nitrogens with zero attached hydrogens (tertiary/aromatic N) is 2. The quantitative estimate of drug-likeness (QED) is 0.487. The van der Waals surface area contributed by atoms with Gasteiger partial charge in [0.25, 0.3) is 0 Å². The van der Waals surface area contributed by atoms with Crippen molar-refractivity contribution < 1.29 is 24.2 Å². The smallest absolute Gasteiger partial charge is 0.409 e. The molecule has 2 saturated heterocycles. The number of hydrogen-bond donors (Lipinski definition) is 1. The minimum absolute atomic E-state index is 0.0225. The Kier molecular flexibility index (Phi) is 8.12. The lowest BCUT2D eigenvalue weighted by atomic mass is 9.81. The lowest BCUT2D eigenvalue weighted by Crippen LogP contribution is -2.51. The molecule has 3 aliphatic heterocycles. The van der Waals surface area contributed by atoms with Gasteiger partial charge in [-0.2, -0.15) is 0 Å². The van der Waals surface area contributed by atoms with E-state index in [0.29, 0.717) is 26.2 Å². The van der Waals surface area contributed by atoms with E-state index in [2.05, 4.69) is 63.2 Å². The van der Waals surface area contributed by atoms with Crippen molar-refractivity contribution >= 4 is 12.0 Å². The Labute approximate surface area is 244 Å². The van der Waals surface area contributed by atoms with E-state index in [-0.39, 0.29) is 35.7 Å². The Morgan fingerprint density at radius 1 is 0.976 bits per heavy atom. The third-order valence-electron chi connectivity index (χ3n) is 9.12. The van der Waals surface area contributed by atoms with E-state index in [4.69, 9.17) is 9.47 Å². The monoisotopic (exact) mass is 562 g/mol. The molecule has 0 radical (unpaired) electrons. The van der Waals surface area contributed by atoms with Gasteiger partial charge in [0, 0.05) is 32.5 Å². The number of rotatable bonds is 5. The standard InChI is InChI=1S/C34H46N2O5/c1-32(2,3)23-40-31(39)35-19-16-34(17-20-35)15-14-26-21-25(10-13-29(26)41-34)24-8-11-27(12-9-24)33(4,5)30(38)36-18-6-7-28(36)22-37/h8-13,21,28,37H,6-7,14-20,22-23H2,1-5H3/t28-/m1/s1. The lowest BCUT2D eigenvalue weighted by molar-refractivity contribution is -0.137. The van der Waals surface area contributed by atoms with Crippen LogP contribution >= 0.6 is 0 Å². The lowest BCUT2D eigenvalue weighted by Gasteiger charge is -2.44. The summed E-state index contributed by atoms with van der Waals surface area (Å²) in [4.78, 5) is 29.6. The molecule has 2 amide bonds. The van der Waals surface area contributed by atoms with Crippen molar-refractivity contribution in [1.29, 1.82) is 0 Å². The van der Waals surface area contributed by atoms with Crippen LogP contribution in [0.5, 0.6) is 5.75 Å². The molecule has 5 rings (SSSR count). The van der Waals surface area contributed by atoms with Crippen LogP contribution in [0, 0.1) is 5.41 Å². The SMILES string of the molecule is CC(C)(C)COC(=O)N1CCC2(CCc3cc(-c4ccc(C(C)(C)C(=O)N5CCC[C@@H]5CO)cc4)ccc3O2)CC1. The fourth-order valence-corrected chi connectivity index (χ4v) is 6.37. The number of aryl methyl sites for hydroxylation is 1. The molecule has 3 heterocycles. The van der Waals surface area contributed by atoms with Crippen molar-refractivity contribution in [3.8, 4) is 16.9 Å². The van der Waals surface area contributed by atoms with Gasteiger partial charge in [-0.25, -0.2) is 4.79 Å². The highest BCUT2D eigenvalue weighted by molar-refractivity contribution is 5.88. The van der Waals surface area contributed by atoms with E-state index in [0.717, 1.165) is 61.0 Å². The summed E-state index contributed by atoms with van der Waals surface area (Å²) < 4.78 is 12.1. The van der Waals surface area contributed by atoms with Crippen molar-refractivity contribution in [3.05, 3.63) is 53.6 Å². The van der Waals surface area contributed by atoms with Gasteiger partial charge in [0.15, 0.2) is 0 Å². The number of fused-ring (bicyclic) bond motifs is 1. The van der Waals surface area contributed by atoms with Crippen LogP contribution in [0.1, 0.15) is 77.8 Å². The minimum Gasteiger partial charge on any atom is -0.487 e. The van der Waals surface area contributed by atoms with Gasteiger partial charge >= 0.3 is 6.09 Å². The van der Waals surface area contributed by atoms with Gasteiger partial charge in [0.05, 0.1) is 24.7 Å². The number of likely N-dealkylation sites (tertiary alicyclic amines) is 2. The zero-order valence-electron chi connectivity index (χ0n) is 25.4. The fraction of sp³-hybridized carbons (Fsp3) is 0.588. The van der Waals surface area contributed by atoms with Crippen LogP contribution in [-0.2, 0) is 21.4 Å². The van der Waals surface area contributed by atoms with Gasteiger partial charge in [-0.05, 0) is 79.3 Å². The number of carbonyl (C=O) groups excluding carboxylic acids is 2. The zero-order chi connectivity index (χ0) is 29.4. The Balaban J connectivity index is 1.22. The summed E-state index contributed by atoms with van der Waals surface area (Å²) in [6.45, 7) is 12.6. The van der Waals surface area contributed by atoms with Crippen LogP contribution in [0.3, 0.4) is 0 Å². The highest BCUT2D eigenvalue weighted by atomic mass is 16.6. The summed E-state index contributed by atoms with van der Waals surface area (Å²) in [6.07, 6.45) is 5.09. The number of amides is 2. The molecule has 2 aromatic carbocycles. The summed E-state index contributed by atoms with van der Waals surface area (Å²) in [5.74, 6) is 1.02. The first-order chi connectivity index (χ1) is 19.4. The molecule has 7 nitrogen and oxygen atoms in total. The van der Waals surface area contributed by atoms with Gasteiger partial charge in [0.2, 0.25) is 5.91 Å². The molecule has 1 atom stereocenters. The normalized spacial score (nSPS) is 20.5. The Hall–Kier alpha value is -3.06. The van der Waals surface area contributed by atoms with Gasteiger partial charge in [-0.15, -0.1) is 0 Å². The topological polar surface area (TPSA) is 79.3 Å². The van der Waals surface area contributed by atoms with Crippen LogP contribution in [0.25, 0.3) is 11.1 Å². The molecule has 0 unspecified atom stereocenters. The largest absolute Gasteiger partial charge is 0.487 e. The Morgan fingerprint density at radius 3 is 2.32 bits per heavy atom. The molecule has 222 valence electrons. The molecular formula is C34H46N2O5. The molecule has 2 fully saturated rings. The van der Waals surface area contributed by atoms with E-state index in [9.17, 15) is 14.7 Å².